The summed E-state index contributed by atoms with van der Waals surface area (Å²) < 4.78 is 4.82. The largest absolute Gasteiger partial charge is 0.447 e. The first kappa shape index (κ1) is 11.0. The highest BCUT2D eigenvalue weighted by Gasteiger charge is 2.00. The van der Waals surface area contributed by atoms with Crippen LogP contribution in [0.15, 0.2) is 12.2 Å². The summed E-state index contributed by atoms with van der Waals surface area (Å²) in [6.45, 7) is 4.55. The zero-order valence-corrected chi connectivity index (χ0v) is 7.54. The molecule has 0 unspecified atom stereocenters. The molecular weight excluding hydrogens is 156 g/mol. The number of nitrogens with two attached hydrogens (primary N) is 1. The second-order valence-electron chi connectivity index (χ2n) is 2.54. The summed E-state index contributed by atoms with van der Waals surface area (Å²) in [6, 6.07) is 0. The summed E-state index contributed by atoms with van der Waals surface area (Å²) in [4.78, 5) is 10.8. The van der Waals surface area contributed by atoms with Gasteiger partial charge in [0.2, 0.25) is 0 Å². The predicted molar refractivity (Wildman–Crippen MR) is 47.8 cm³/mol. The van der Waals surface area contributed by atoms with Crippen LogP contribution >= 0.6 is 0 Å². The first-order valence-electron chi connectivity index (χ1n) is 3.96. The Morgan fingerprint density at radius 2 is 2.25 bits per heavy atom. The summed E-state index contributed by atoms with van der Waals surface area (Å²) in [5.41, 5.74) is 5.20. The molecule has 0 saturated heterocycles. The number of hydrogen-bond donors (Lipinski definition) is 2. The molecule has 0 rings (SSSR count). The molecule has 0 saturated carbocycles. The van der Waals surface area contributed by atoms with Crippen molar-refractivity contribution in [1.29, 1.82) is 0 Å². The third-order valence-corrected chi connectivity index (χ3v) is 1.01. The third-order valence-electron chi connectivity index (χ3n) is 1.01. The van der Waals surface area contributed by atoms with Crippen LogP contribution in [0.5, 0.6) is 0 Å². The van der Waals surface area contributed by atoms with Crippen molar-refractivity contribution in [1.82, 2.24) is 5.32 Å². The van der Waals surface area contributed by atoms with Gasteiger partial charge < -0.3 is 15.8 Å². The molecule has 0 aliphatic rings. The van der Waals surface area contributed by atoms with Gasteiger partial charge in [-0.15, -0.1) is 0 Å². The highest BCUT2D eigenvalue weighted by molar-refractivity contribution is 5.67. The SMILES string of the molecule is CC(C)OC(=O)NC/C=C/CN. The summed E-state index contributed by atoms with van der Waals surface area (Å²) >= 11 is 0. The fraction of sp³-hybridized carbons (Fsp3) is 0.625. The Morgan fingerprint density at radius 1 is 1.58 bits per heavy atom. The average Bonchev–Trinajstić information content (AvgIpc) is 1.97. The van der Waals surface area contributed by atoms with E-state index in [1.54, 1.807) is 26.0 Å². The van der Waals surface area contributed by atoms with E-state index in [2.05, 4.69) is 5.32 Å². The van der Waals surface area contributed by atoms with Crippen molar-refractivity contribution in [3.63, 3.8) is 0 Å². The van der Waals surface area contributed by atoms with Crippen LogP contribution in [0.3, 0.4) is 0 Å². The smallest absolute Gasteiger partial charge is 0.407 e. The van der Waals surface area contributed by atoms with Crippen LogP contribution in [0.4, 0.5) is 4.79 Å². The van der Waals surface area contributed by atoms with Crippen molar-refractivity contribution in [2.24, 2.45) is 5.73 Å². The predicted octanol–water partition coefficient (Wildman–Crippen LogP) is 0.636. The summed E-state index contributed by atoms with van der Waals surface area (Å²) in [7, 11) is 0. The normalized spacial score (nSPS) is 10.7. The first-order valence-corrected chi connectivity index (χ1v) is 3.96. The molecule has 0 heterocycles. The molecule has 0 radical (unpaired) electrons. The Hall–Kier alpha value is -1.03. The number of carbonyl (C=O) groups is 1. The number of ether oxygens (including phenoxy) is 1. The number of hydrogen-bond acceptors (Lipinski definition) is 3. The number of rotatable bonds is 4. The van der Waals surface area contributed by atoms with E-state index in [4.69, 9.17) is 10.5 Å². The van der Waals surface area contributed by atoms with Gasteiger partial charge in [-0.3, -0.25) is 0 Å². The van der Waals surface area contributed by atoms with Crippen LogP contribution in [0, 0.1) is 0 Å². The van der Waals surface area contributed by atoms with Crippen LogP contribution < -0.4 is 11.1 Å². The monoisotopic (exact) mass is 172 g/mol. The van der Waals surface area contributed by atoms with Crippen molar-refractivity contribution in [2.75, 3.05) is 13.1 Å². The van der Waals surface area contributed by atoms with Crippen molar-refractivity contribution >= 4 is 6.09 Å². The van der Waals surface area contributed by atoms with Crippen LogP contribution in [0.25, 0.3) is 0 Å². The molecule has 0 aromatic carbocycles. The number of carbonyl (C=O) groups excluding carboxylic acids is 1. The fourth-order valence-corrected chi connectivity index (χ4v) is 0.578. The van der Waals surface area contributed by atoms with Gasteiger partial charge >= 0.3 is 6.09 Å². The minimum Gasteiger partial charge on any atom is -0.447 e. The lowest BCUT2D eigenvalue weighted by molar-refractivity contribution is 0.116. The maximum Gasteiger partial charge on any atom is 0.407 e. The minimum atomic E-state index is -0.397. The lowest BCUT2D eigenvalue weighted by Gasteiger charge is -2.07. The minimum absolute atomic E-state index is 0.0801. The molecule has 0 bridgehead atoms. The zero-order chi connectivity index (χ0) is 9.40. The molecule has 0 fully saturated rings. The van der Waals surface area contributed by atoms with E-state index in [0.29, 0.717) is 13.1 Å². The van der Waals surface area contributed by atoms with Crippen LogP contribution in [0.1, 0.15) is 13.8 Å². The maximum atomic E-state index is 10.8. The van der Waals surface area contributed by atoms with E-state index in [1.165, 1.54) is 0 Å². The number of nitrogens with one attached hydrogen (secondary N) is 1. The Morgan fingerprint density at radius 3 is 2.75 bits per heavy atom. The van der Waals surface area contributed by atoms with Gasteiger partial charge in [-0.25, -0.2) is 4.79 Å². The fourth-order valence-electron chi connectivity index (χ4n) is 0.578. The van der Waals surface area contributed by atoms with Gasteiger partial charge in [-0.2, -0.15) is 0 Å². The lowest BCUT2D eigenvalue weighted by Crippen LogP contribution is -2.26. The second kappa shape index (κ2) is 6.67. The first-order chi connectivity index (χ1) is 5.66. The molecule has 0 aromatic rings. The molecule has 70 valence electrons. The summed E-state index contributed by atoms with van der Waals surface area (Å²) in [5.74, 6) is 0. The number of amides is 1. The molecular formula is C8H16N2O2. The van der Waals surface area contributed by atoms with Gasteiger partial charge in [-0.1, -0.05) is 12.2 Å². The third kappa shape index (κ3) is 7.08. The van der Waals surface area contributed by atoms with Crippen LogP contribution in [0.2, 0.25) is 0 Å². The van der Waals surface area contributed by atoms with Gasteiger partial charge in [0.25, 0.3) is 0 Å². The molecule has 0 atom stereocenters. The summed E-state index contributed by atoms with van der Waals surface area (Å²) in [5, 5.41) is 2.55. The Balaban J connectivity index is 3.38. The van der Waals surface area contributed by atoms with Gasteiger partial charge in [-0.05, 0) is 13.8 Å². The maximum absolute atomic E-state index is 10.8. The van der Waals surface area contributed by atoms with Crippen molar-refractivity contribution in [2.45, 2.75) is 20.0 Å². The number of alkyl carbamates (subject to hydrolysis) is 1. The molecule has 0 aromatic heterocycles. The van der Waals surface area contributed by atoms with Crippen LogP contribution in [-0.2, 0) is 4.74 Å². The molecule has 4 heteroatoms. The standard InChI is InChI=1S/C8H16N2O2/c1-7(2)12-8(11)10-6-4-3-5-9/h3-4,7H,5-6,9H2,1-2H3,(H,10,11)/b4-3+. The Bertz CT molecular complexity index is 155. The molecule has 0 aliphatic carbocycles. The quantitative estimate of drug-likeness (QED) is 0.611. The van der Waals surface area contributed by atoms with Crippen molar-refractivity contribution in [3.05, 3.63) is 12.2 Å². The average molecular weight is 172 g/mol. The van der Waals surface area contributed by atoms with Gasteiger partial charge in [0.05, 0.1) is 6.10 Å². The van der Waals surface area contributed by atoms with Crippen molar-refractivity contribution < 1.29 is 9.53 Å². The van der Waals surface area contributed by atoms with E-state index in [9.17, 15) is 4.79 Å². The highest BCUT2D eigenvalue weighted by atomic mass is 16.6. The zero-order valence-electron chi connectivity index (χ0n) is 7.54. The van der Waals surface area contributed by atoms with Crippen LogP contribution in [-0.4, -0.2) is 25.3 Å². The molecule has 3 N–H and O–H groups in total. The van der Waals surface area contributed by atoms with E-state index >= 15 is 0 Å². The van der Waals surface area contributed by atoms with Crippen molar-refractivity contribution in [3.8, 4) is 0 Å². The van der Waals surface area contributed by atoms with Gasteiger partial charge in [0.15, 0.2) is 0 Å². The topological polar surface area (TPSA) is 64.3 Å². The van der Waals surface area contributed by atoms with E-state index in [-0.39, 0.29) is 6.10 Å². The molecule has 0 aliphatic heterocycles. The lowest BCUT2D eigenvalue weighted by atomic mass is 10.5. The Kier molecular flexibility index (Phi) is 6.09. The highest BCUT2D eigenvalue weighted by Crippen LogP contribution is 1.87. The van der Waals surface area contributed by atoms with Gasteiger partial charge in [0.1, 0.15) is 0 Å². The van der Waals surface area contributed by atoms with E-state index < -0.39 is 6.09 Å². The molecule has 0 spiro atoms. The van der Waals surface area contributed by atoms with Gasteiger partial charge in [0, 0.05) is 13.1 Å². The van der Waals surface area contributed by atoms with E-state index in [1.807, 2.05) is 0 Å². The molecule has 1 amide bonds. The Labute approximate surface area is 72.8 Å². The molecule has 4 nitrogen and oxygen atoms in total. The second-order valence-corrected chi connectivity index (χ2v) is 2.54. The van der Waals surface area contributed by atoms with E-state index in [0.717, 1.165) is 0 Å². The summed E-state index contributed by atoms with van der Waals surface area (Å²) in [6.07, 6.45) is 3.08. The molecule has 12 heavy (non-hydrogen) atoms.